The average molecular weight is 344 g/mol. The predicted molar refractivity (Wildman–Crippen MR) is 94.1 cm³/mol. The Morgan fingerprint density at radius 1 is 1.20 bits per heavy atom. The maximum absolute atomic E-state index is 12.4. The summed E-state index contributed by atoms with van der Waals surface area (Å²) in [5.41, 5.74) is 6.74. The number of amides is 3. The molecule has 2 saturated heterocycles. The molecule has 3 N–H and O–H groups in total. The van der Waals surface area contributed by atoms with Crippen molar-refractivity contribution in [1.82, 2.24) is 10.2 Å². The zero-order chi connectivity index (χ0) is 18.0. The van der Waals surface area contributed by atoms with Gasteiger partial charge in [0.2, 0.25) is 11.8 Å². The molecular weight excluding hydrogens is 320 g/mol. The van der Waals surface area contributed by atoms with Crippen LogP contribution in [0.5, 0.6) is 0 Å². The van der Waals surface area contributed by atoms with Crippen LogP contribution in [0.3, 0.4) is 0 Å². The summed E-state index contributed by atoms with van der Waals surface area (Å²) in [6.45, 7) is 1.33. The normalized spacial score (nSPS) is 24.4. The minimum Gasteiger partial charge on any atom is -0.368 e. The van der Waals surface area contributed by atoms with Crippen molar-refractivity contribution < 1.29 is 14.4 Å². The standard InChI is InChI=1S/C18H24N4O3/c1-21-11-13(10-15(21)17(19)24)20-18(25)12-5-7-14(8-6-12)22-9-3-2-4-16(22)23/h5-8,13,15H,2-4,9-11H2,1H3,(H2,19,24)(H,20,25). The van der Waals surface area contributed by atoms with Crippen LogP contribution >= 0.6 is 0 Å². The molecule has 3 rings (SSSR count). The second kappa shape index (κ2) is 7.23. The second-order valence-corrected chi connectivity index (χ2v) is 6.81. The molecule has 0 saturated carbocycles. The Kier molecular flexibility index (Phi) is 5.03. The van der Waals surface area contributed by atoms with Gasteiger partial charge >= 0.3 is 0 Å². The van der Waals surface area contributed by atoms with Crippen molar-refractivity contribution in [2.45, 2.75) is 37.8 Å². The first-order valence-electron chi connectivity index (χ1n) is 8.66. The Morgan fingerprint density at radius 2 is 1.92 bits per heavy atom. The molecule has 2 aliphatic heterocycles. The maximum Gasteiger partial charge on any atom is 0.251 e. The van der Waals surface area contributed by atoms with E-state index in [-0.39, 0.29) is 29.8 Å². The van der Waals surface area contributed by atoms with E-state index in [0.29, 0.717) is 24.9 Å². The molecule has 25 heavy (non-hydrogen) atoms. The van der Waals surface area contributed by atoms with Crippen LogP contribution in [-0.4, -0.2) is 54.8 Å². The third-order valence-corrected chi connectivity index (χ3v) is 4.98. The van der Waals surface area contributed by atoms with Crippen molar-refractivity contribution in [3.05, 3.63) is 29.8 Å². The highest BCUT2D eigenvalue weighted by Crippen LogP contribution is 2.22. The van der Waals surface area contributed by atoms with Crippen molar-refractivity contribution in [3.63, 3.8) is 0 Å². The fraction of sp³-hybridized carbons (Fsp3) is 0.500. The second-order valence-electron chi connectivity index (χ2n) is 6.81. The van der Waals surface area contributed by atoms with Crippen LogP contribution < -0.4 is 16.0 Å². The lowest BCUT2D eigenvalue weighted by Crippen LogP contribution is -2.37. The summed E-state index contributed by atoms with van der Waals surface area (Å²) < 4.78 is 0. The highest BCUT2D eigenvalue weighted by Gasteiger charge is 2.34. The van der Waals surface area contributed by atoms with Gasteiger partial charge in [-0.3, -0.25) is 19.3 Å². The van der Waals surface area contributed by atoms with Gasteiger partial charge in [-0.25, -0.2) is 0 Å². The number of hydrogen-bond acceptors (Lipinski definition) is 4. The number of nitrogens with zero attached hydrogens (tertiary/aromatic N) is 2. The van der Waals surface area contributed by atoms with E-state index in [4.69, 9.17) is 5.73 Å². The molecule has 3 amide bonds. The number of benzene rings is 1. The number of nitrogens with two attached hydrogens (primary N) is 1. The fourth-order valence-electron chi connectivity index (χ4n) is 3.58. The molecule has 0 bridgehead atoms. The maximum atomic E-state index is 12.4. The summed E-state index contributed by atoms with van der Waals surface area (Å²) in [6.07, 6.45) is 3.05. The minimum absolute atomic E-state index is 0.0988. The van der Waals surface area contributed by atoms with Crippen LogP contribution in [0.15, 0.2) is 24.3 Å². The Labute approximate surface area is 147 Å². The lowest BCUT2D eigenvalue weighted by molar-refractivity contribution is -0.122. The first-order valence-corrected chi connectivity index (χ1v) is 8.66. The number of carbonyl (C=O) groups is 3. The number of rotatable bonds is 4. The van der Waals surface area contributed by atoms with Crippen molar-refractivity contribution >= 4 is 23.4 Å². The number of carbonyl (C=O) groups excluding carboxylic acids is 3. The van der Waals surface area contributed by atoms with Crippen molar-refractivity contribution in [2.24, 2.45) is 5.73 Å². The molecule has 2 heterocycles. The van der Waals surface area contributed by atoms with E-state index in [1.165, 1.54) is 0 Å². The third-order valence-electron chi connectivity index (χ3n) is 4.98. The van der Waals surface area contributed by atoms with E-state index in [2.05, 4.69) is 5.32 Å². The van der Waals surface area contributed by atoms with E-state index in [0.717, 1.165) is 25.1 Å². The van der Waals surface area contributed by atoms with Gasteiger partial charge in [0.05, 0.1) is 6.04 Å². The lowest BCUT2D eigenvalue weighted by Gasteiger charge is -2.26. The molecule has 134 valence electrons. The number of primary amides is 1. The predicted octanol–water partition coefficient (Wildman–Crippen LogP) is 0.491. The van der Waals surface area contributed by atoms with Gasteiger partial charge in [0, 0.05) is 36.8 Å². The SMILES string of the molecule is CN1CC(NC(=O)c2ccc(N3CCCCC3=O)cc2)CC1C(N)=O. The molecule has 0 aliphatic carbocycles. The quantitative estimate of drug-likeness (QED) is 0.831. The molecule has 2 aliphatic rings. The monoisotopic (exact) mass is 344 g/mol. The summed E-state index contributed by atoms with van der Waals surface area (Å²) in [7, 11) is 1.83. The highest BCUT2D eigenvalue weighted by atomic mass is 16.2. The van der Waals surface area contributed by atoms with Gasteiger partial charge in [0.25, 0.3) is 5.91 Å². The summed E-state index contributed by atoms with van der Waals surface area (Å²) in [6, 6.07) is 6.65. The van der Waals surface area contributed by atoms with Gasteiger partial charge in [0.1, 0.15) is 0 Å². The van der Waals surface area contributed by atoms with Crippen LogP contribution in [-0.2, 0) is 9.59 Å². The number of anilines is 1. The van der Waals surface area contributed by atoms with Crippen LogP contribution in [0.25, 0.3) is 0 Å². The number of piperidine rings is 1. The average Bonchev–Trinajstić information content (AvgIpc) is 2.96. The van der Waals surface area contributed by atoms with Crippen molar-refractivity contribution in [3.8, 4) is 0 Å². The molecule has 0 spiro atoms. The van der Waals surface area contributed by atoms with Gasteiger partial charge in [-0.2, -0.15) is 0 Å². The van der Waals surface area contributed by atoms with Gasteiger partial charge in [-0.1, -0.05) is 0 Å². The van der Waals surface area contributed by atoms with E-state index in [9.17, 15) is 14.4 Å². The first kappa shape index (κ1) is 17.4. The van der Waals surface area contributed by atoms with Crippen LogP contribution in [0.4, 0.5) is 5.69 Å². The molecule has 0 aromatic heterocycles. The highest BCUT2D eigenvalue weighted by molar-refractivity contribution is 5.97. The van der Waals surface area contributed by atoms with Gasteiger partial charge in [-0.05, 0) is 50.6 Å². The Balaban J connectivity index is 1.61. The van der Waals surface area contributed by atoms with Crippen molar-refractivity contribution in [1.29, 1.82) is 0 Å². The van der Waals surface area contributed by atoms with E-state index in [1.54, 1.807) is 17.0 Å². The smallest absolute Gasteiger partial charge is 0.251 e. The van der Waals surface area contributed by atoms with Gasteiger partial charge < -0.3 is 16.0 Å². The van der Waals surface area contributed by atoms with E-state index in [1.807, 2.05) is 24.1 Å². The van der Waals surface area contributed by atoms with E-state index >= 15 is 0 Å². The van der Waals surface area contributed by atoms with Crippen LogP contribution in [0.1, 0.15) is 36.0 Å². The molecule has 2 unspecified atom stereocenters. The molecule has 1 aromatic carbocycles. The summed E-state index contributed by atoms with van der Waals surface area (Å²) >= 11 is 0. The minimum atomic E-state index is -0.366. The fourth-order valence-corrected chi connectivity index (χ4v) is 3.58. The first-order chi connectivity index (χ1) is 12.0. The van der Waals surface area contributed by atoms with Gasteiger partial charge in [0.15, 0.2) is 0 Å². The molecule has 7 nitrogen and oxygen atoms in total. The zero-order valence-electron chi connectivity index (χ0n) is 14.4. The number of nitrogens with one attached hydrogen (secondary N) is 1. The topological polar surface area (TPSA) is 95.7 Å². The molecule has 1 aromatic rings. The lowest BCUT2D eigenvalue weighted by atomic mass is 10.1. The number of likely N-dealkylation sites (tertiary alicyclic amines) is 1. The van der Waals surface area contributed by atoms with Crippen LogP contribution in [0.2, 0.25) is 0 Å². The Bertz CT molecular complexity index is 673. The third kappa shape index (κ3) is 3.82. The molecule has 0 radical (unpaired) electrons. The number of hydrogen-bond donors (Lipinski definition) is 2. The summed E-state index contributed by atoms with van der Waals surface area (Å²) in [4.78, 5) is 39.4. The van der Waals surface area contributed by atoms with E-state index < -0.39 is 0 Å². The number of likely N-dealkylation sites (N-methyl/N-ethyl adjacent to an activating group) is 1. The summed E-state index contributed by atoms with van der Waals surface area (Å²) in [5.74, 6) is -0.412. The Morgan fingerprint density at radius 3 is 2.52 bits per heavy atom. The molecule has 7 heteroatoms. The Hall–Kier alpha value is -2.41. The molecular formula is C18H24N4O3. The van der Waals surface area contributed by atoms with Gasteiger partial charge in [-0.15, -0.1) is 0 Å². The zero-order valence-corrected chi connectivity index (χ0v) is 14.4. The molecule has 2 atom stereocenters. The van der Waals surface area contributed by atoms with Crippen LogP contribution in [0, 0.1) is 0 Å². The summed E-state index contributed by atoms with van der Waals surface area (Å²) in [5, 5.41) is 2.95. The van der Waals surface area contributed by atoms with Crippen molar-refractivity contribution in [2.75, 3.05) is 25.0 Å². The molecule has 2 fully saturated rings. The largest absolute Gasteiger partial charge is 0.368 e.